The Bertz CT molecular complexity index is 973. The average Bonchev–Trinajstić information content (AvgIpc) is 2.53. The van der Waals surface area contributed by atoms with Crippen LogP contribution in [-0.2, 0) is 24.1 Å². The highest BCUT2D eigenvalue weighted by Gasteiger charge is 2.33. The maximum atomic E-state index is 13.8. The molecule has 0 saturated carbocycles. The van der Waals surface area contributed by atoms with E-state index in [1.807, 2.05) is 4.91 Å². The summed E-state index contributed by atoms with van der Waals surface area (Å²) in [6.45, 7) is 3.57. The molecule has 0 aromatic heterocycles. The van der Waals surface area contributed by atoms with Crippen LogP contribution in [-0.4, -0.2) is 29.2 Å². The van der Waals surface area contributed by atoms with Crippen LogP contribution in [0.15, 0.2) is 21.5 Å². The number of hydrogen-bond donors (Lipinski definition) is 0. The SMILES string of the molecule is C=C(C)S(=O)(=O)CCCOS(=O)(=O)c1c(F)c(F)c(N=[N+]=[N-])c(F)c1F. The van der Waals surface area contributed by atoms with Gasteiger partial charge in [-0.2, -0.15) is 8.42 Å². The Morgan fingerprint density at radius 2 is 1.62 bits per heavy atom. The zero-order valence-corrected chi connectivity index (χ0v) is 14.7. The highest BCUT2D eigenvalue weighted by atomic mass is 32.2. The fraction of sp³-hybridized carbons (Fsp3) is 0.333. The van der Waals surface area contributed by atoms with Gasteiger partial charge in [-0.25, -0.2) is 26.0 Å². The Balaban J connectivity index is 3.15. The second kappa shape index (κ2) is 8.03. The molecule has 1 rings (SSSR count). The fourth-order valence-corrected chi connectivity index (χ4v) is 3.52. The van der Waals surface area contributed by atoms with E-state index in [1.165, 1.54) is 6.92 Å². The molecule has 0 N–H and O–H groups in total. The fourth-order valence-electron chi connectivity index (χ4n) is 1.60. The van der Waals surface area contributed by atoms with Gasteiger partial charge in [-0.05, 0) is 18.9 Å². The first kappa shape index (κ1) is 21.9. The molecular weight excluding hydrogens is 406 g/mol. The van der Waals surface area contributed by atoms with Gasteiger partial charge in [0.15, 0.2) is 38.0 Å². The lowest BCUT2D eigenvalue weighted by Crippen LogP contribution is -2.16. The van der Waals surface area contributed by atoms with Crippen LogP contribution in [0.2, 0.25) is 0 Å². The maximum Gasteiger partial charge on any atom is 0.303 e. The van der Waals surface area contributed by atoms with Crippen molar-refractivity contribution < 1.29 is 38.6 Å². The molecule has 0 fully saturated rings. The van der Waals surface area contributed by atoms with Crippen molar-refractivity contribution in [2.24, 2.45) is 5.11 Å². The second-order valence-electron chi connectivity index (χ2n) is 4.77. The van der Waals surface area contributed by atoms with Crippen molar-refractivity contribution in [1.29, 1.82) is 0 Å². The molecule has 0 aliphatic rings. The van der Waals surface area contributed by atoms with Gasteiger partial charge in [0.2, 0.25) is 0 Å². The Hall–Kier alpha value is -2.15. The molecule has 1 aromatic rings. The van der Waals surface area contributed by atoms with Crippen molar-refractivity contribution in [2.45, 2.75) is 18.2 Å². The molecule has 0 heterocycles. The summed E-state index contributed by atoms with van der Waals surface area (Å²) in [6.07, 6.45) is -0.403. The normalized spacial score (nSPS) is 11.9. The molecule has 144 valence electrons. The van der Waals surface area contributed by atoms with Crippen LogP contribution in [0.4, 0.5) is 23.2 Å². The number of benzene rings is 1. The molecule has 0 spiro atoms. The Morgan fingerprint density at radius 1 is 1.12 bits per heavy atom. The van der Waals surface area contributed by atoms with Gasteiger partial charge >= 0.3 is 10.1 Å². The van der Waals surface area contributed by atoms with Crippen molar-refractivity contribution in [3.05, 3.63) is 45.2 Å². The largest absolute Gasteiger partial charge is 0.303 e. The van der Waals surface area contributed by atoms with Crippen molar-refractivity contribution in [3.63, 3.8) is 0 Å². The summed E-state index contributed by atoms with van der Waals surface area (Å²) >= 11 is 0. The van der Waals surface area contributed by atoms with Crippen LogP contribution in [0, 0.1) is 23.3 Å². The van der Waals surface area contributed by atoms with Crippen molar-refractivity contribution >= 4 is 25.6 Å². The predicted molar refractivity (Wildman–Crippen MR) is 81.4 cm³/mol. The lowest BCUT2D eigenvalue weighted by Gasteiger charge is -2.10. The van der Waals surface area contributed by atoms with Gasteiger partial charge in [0.05, 0.1) is 12.4 Å². The van der Waals surface area contributed by atoms with E-state index >= 15 is 0 Å². The summed E-state index contributed by atoms with van der Waals surface area (Å²) in [6, 6.07) is 0. The molecule has 0 atom stereocenters. The minimum atomic E-state index is -5.32. The van der Waals surface area contributed by atoms with Gasteiger partial charge in [-0.1, -0.05) is 11.7 Å². The monoisotopic (exact) mass is 417 g/mol. The van der Waals surface area contributed by atoms with E-state index in [0.717, 1.165) is 0 Å². The topological polar surface area (TPSA) is 126 Å². The van der Waals surface area contributed by atoms with Crippen LogP contribution in [0.5, 0.6) is 0 Å². The zero-order chi connectivity index (χ0) is 20.3. The highest BCUT2D eigenvalue weighted by molar-refractivity contribution is 7.95. The summed E-state index contributed by atoms with van der Waals surface area (Å²) in [5.74, 6) is -9.72. The lowest BCUT2D eigenvalue weighted by atomic mass is 10.2. The van der Waals surface area contributed by atoms with Crippen molar-refractivity contribution in [1.82, 2.24) is 0 Å². The van der Waals surface area contributed by atoms with E-state index in [-0.39, 0.29) is 4.91 Å². The maximum absolute atomic E-state index is 13.8. The van der Waals surface area contributed by atoms with E-state index in [2.05, 4.69) is 15.9 Å². The first-order chi connectivity index (χ1) is 11.9. The van der Waals surface area contributed by atoms with E-state index in [4.69, 9.17) is 5.53 Å². The first-order valence-electron chi connectivity index (χ1n) is 6.55. The molecule has 8 nitrogen and oxygen atoms in total. The van der Waals surface area contributed by atoms with Gasteiger partial charge in [0, 0.05) is 9.82 Å². The molecule has 1 aromatic carbocycles. The molecule has 0 radical (unpaired) electrons. The third-order valence-corrected chi connectivity index (χ3v) is 6.14. The Kier molecular flexibility index (Phi) is 6.76. The number of rotatable bonds is 8. The summed E-state index contributed by atoms with van der Waals surface area (Å²) in [5.41, 5.74) is 6.42. The number of allylic oxidation sites excluding steroid dienone is 1. The highest BCUT2D eigenvalue weighted by Crippen LogP contribution is 2.33. The molecule has 0 unspecified atom stereocenters. The predicted octanol–water partition coefficient (Wildman–Crippen LogP) is 3.23. The van der Waals surface area contributed by atoms with Crippen molar-refractivity contribution in [2.75, 3.05) is 12.4 Å². The standard InChI is InChI=1S/C12H11F4N3O5S2/c1-6(2)25(20,21)5-3-4-24-26(22,23)12-9(15)7(13)11(18-19-17)8(14)10(12)16/h1,3-5H2,2H3. The van der Waals surface area contributed by atoms with Gasteiger partial charge in [0.1, 0.15) is 5.69 Å². The number of azide groups is 1. The van der Waals surface area contributed by atoms with E-state index < -0.39 is 72.6 Å². The van der Waals surface area contributed by atoms with Crippen LogP contribution >= 0.6 is 0 Å². The molecule has 0 aliphatic heterocycles. The first-order valence-corrected chi connectivity index (χ1v) is 9.61. The minimum absolute atomic E-state index is 0.185. The third-order valence-electron chi connectivity index (χ3n) is 2.92. The van der Waals surface area contributed by atoms with Crippen molar-refractivity contribution in [3.8, 4) is 0 Å². The second-order valence-corrected chi connectivity index (χ2v) is 8.66. The summed E-state index contributed by atoms with van der Waals surface area (Å²) < 4.78 is 106. The summed E-state index contributed by atoms with van der Waals surface area (Å²) in [4.78, 5) is -0.281. The number of sulfone groups is 1. The molecule has 26 heavy (non-hydrogen) atoms. The van der Waals surface area contributed by atoms with Crippen LogP contribution < -0.4 is 0 Å². The third kappa shape index (κ3) is 4.52. The number of nitrogens with zero attached hydrogens (tertiary/aromatic N) is 3. The van der Waals surface area contributed by atoms with Crippen LogP contribution in [0.3, 0.4) is 0 Å². The molecule has 0 aliphatic carbocycles. The Morgan fingerprint density at radius 3 is 2.04 bits per heavy atom. The average molecular weight is 417 g/mol. The molecule has 0 saturated heterocycles. The summed E-state index contributed by atoms with van der Waals surface area (Å²) in [7, 11) is -9.02. The van der Waals surface area contributed by atoms with Gasteiger partial charge in [-0.3, -0.25) is 4.18 Å². The quantitative estimate of drug-likeness (QED) is 0.122. The van der Waals surface area contributed by atoms with E-state index in [0.29, 0.717) is 0 Å². The number of halogens is 4. The van der Waals surface area contributed by atoms with E-state index in [1.54, 1.807) is 0 Å². The van der Waals surface area contributed by atoms with Crippen LogP contribution in [0.1, 0.15) is 13.3 Å². The van der Waals surface area contributed by atoms with Gasteiger partial charge < -0.3 is 0 Å². The summed E-state index contributed by atoms with van der Waals surface area (Å²) in [5, 5.41) is 2.41. The van der Waals surface area contributed by atoms with Gasteiger partial charge in [0.25, 0.3) is 0 Å². The van der Waals surface area contributed by atoms with E-state index in [9.17, 15) is 34.4 Å². The Labute approximate surface area is 145 Å². The van der Waals surface area contributed by atoms with Crippen LogP contribution in [0.25, 0.3) is 10.4 Å². The zero-order valence-electron chi connectivity index (χ0n) is 13.0. The lowest BCUT2D eigenvalue weighted by molar-refractivity contribution is 0.309. The molecular formula is C12H11F4N3O5S2. The number of hydrogen-bond acceptors (Lipinski definition) is 6. The smallest absolute Gasteiger partial charge is 0.266 e. The van der Waals surface area contributed by atoms with Gasteiger partial charge in [-0.15, -0.1) is 0 Å². The minimum Gasteiger partial charge on any atom is -0.266 e. The molecule has 0 bridgehead atoms. The molecule has 0 amide bonds. The molecule has 14 heteroatoms.